The minimum atomic E-state index is -0.879. The molecule has 0 heterocycles. The Hall–Kier alpha value is -0.910. The number of ether oxygens (including phenoxy) is 2. The second kappa shape index (κ2) is 9.91. The average Bonchev–Trinajstić information content (AvgIpc) is 2.49. The zero-order valence-corrected chi connectivity index (χ0v) is 13.4. The molecule has 0 fully saturated rings. The Morgan fingerprint density at radius 3 is 2.50 bits per heavy atom. The first-order chi connectivity index (χ1) is 9.71. The summed E-state index contributed by atoms with van der Waals surface area (Å²) in [6, 6.07) is 8.08. The maximum absolute atomic E-state index is 11.9. The summed E-state index contributed by atoms with van der Waals surface area (Å²) >= 11 is 0. The van der Waals surface area contributed by atoms with E-state index in [1.165, 1.54) is 0 Å². The van der Waals surface area contributed by atoms with Crippen LogP contribution in [0.1, 0.15) is 24.9 Å². The summed E-state index contributed by atoms with van der Waals surface area (Å²) in [5.74, 6) is 2.05. The van der Waals surface area contributed by atoms with Gasteiger partial charge >= 0.3 is 0 Å². The van der Waals surface area contributed by atoms with Gasteiger partial charge < -0.3 is 14.8 Å². The standard InChI is InChI=1S/C15H25NO3S/c1-4-9-19-14-7-5-13(6-8-14)15(16-2)12-20(17)11-10-18-3/h5-8,15-16H,4,9-12H2,1-3H3. The summed E-state index contributed by atoms with van der Waals surface area (Å²) in [6.45, 7) is 3.35. The Labute approximate surface area is 124 Å². The van der Waals surface area contributed by atoms with Crippen LogP contribution in [-0.2, 0) is 15.5 Å². The van der Waals surface area contributed by atoms with E-state index in [0.717, 1.165) is 24.3 Å². The lowest BCUT2D eigenvalue weighted by atomic mass is 10.1. The summed E-state index contributed by atoms with van der Waals surface area (Å²) < 4.78 is 22.4. The first kappa shape index (κ1) is 17.1. The van der Waals surface area contributed by atoms with Crippen molar-refractivity contribution in [2.45, 2.75) is 19.4 Å². The van der Waals surface area contributed by atoms with Crippen LogP contribution in [0.2, 0.25) is 0 Å². The zero-order chi connectivity index (χ0) is 14.8. The van der Waals surface area contributed by atoms with Gasteiger partial charge in [0.2, 0.25) is 0 Å². The van der Waals surface area contributed by atoms with Crippen LogP contribution >= 0.6 is 0 Å². The maximum Gasteiger partial charge on any atom is 0.119 e. The van der Waals surface area contributed by atoms with E-state index in [1.54, 1.807) is 7.11 Å². The van der Waals surface area contributed by atoms with E-state index in [9.17, 15) is 4.21 Å². The van der Waals surface area contributed by atoms with Gasteiger partial charge in [0.05, 0.1) is 13.2 Å². The molecule has 1 aromatic rings. The van der Waals surface area contributed by atoms with E-state index in [0.29, 0.717) is 18.1 Å². The molecular weight excluding hydrogens is 274 g/mol. The molecule has 2 atom stereocenters. The summed E-state index contributed by atoms with van der Waals surface area (Å²) in [4.78, 5) is 0. The SMILES string of the molecule is CCCOc1ccc(C(CS(=O)CCOC)NC)cc1. The Morgan fingerprint density at radius 2 is 1.95 bits per heavy atom. The fraction of sp³-hybridized carbons (Fsp3) is 0.600. The molecule has 114 valence electrons. The van der Waals surface area contributed by atoms with E-state index in [-0.39, 0.29) is 6.04 Å². The van der Waals surface area contributed by atoms with Crippen LogP contribution in [0, 0.1) is 0 Å². The third kappa shape index (κ3) is 6.03. The molecule has 1 aromatic carbocycles. The van der Waals surface area contributed by atoms with Gasteiger partial charge in [0.1, 0.15) is 5.75 Å². The summed E-state index contributed by atoms with van der Waals surface area (Å²) in [7, 11) is 2.64. The first-order valence-corrected chi connectivity index (χ1v) is 8.44. The lowest BCUT2D eigenvalue weighted by Crippen LogP contribution is -2.24. The lowest BCUT2D eigenvalue weighted by Gasteiger charge is -2.16. The highest BCUT2D eigenvalue weighted by Gasteiger charge is 2.13. The Morgan fingerprint density at radius 1 is 1.25 bits per heavy atom. The molecule has 5 heteroatoms. The Kier molecular flexibility index (Phi) is 8.49. The van der Waals surface area contributed by atoms with Crippen molar-refractivity contribution in [3.63, 3.8) is 0 Å². The number of hydrogen-bond acceptors (Lipinski definition) is 4. The lowest BCUT2D eigenvalue weighted by molar-refractivity contribution is 0.218. The largest absolute Gasteiger partial charge is 0.494 e. The second-order valence-corrected chi connectivity index (χ2v) is 6.18. The molecule has 4 nitrogen and oxygen atoms in total. The summed E-state index contributed by atoms with van der Waals surface area (Å²) in [5.41, 5.74) is 1.13. The van der Waals surface area contributed by atoms with E-state index < -0.39 is 10.8 Å². The quantitative estimate of drug-likeness (QED) is 0.719. The van der Waals surface area contributed by atoms with Crippen molar-refractivity contribution >= 4 is 10.8 Å². The molecule has 0 amide bonds. The van der Waals surface area contributed by atoms with Crippen molar-refractivity contribution in [1.29, 1.82) is 0 Å². The van der Waals surface area contributed by atoms with Gasteiger partial charge in [0, 0.05) is 35.5 Å². The number of benzene rings is 1. The zero-order valence-electron chi connectivity index (χ0n) is 12.6. The van der Waals surface area contributed by atoms with Crippen LogP contribution in [0.15, 0.2) is 24.3 Å². The van der Waals surface area contributed by atoms with E-state index in [1.807, 2.05) is 31.3 Å². The average molecular weight is 299 g/mol. The van der Waals surface area contributed by atoms with Crippen molar-refractivity contribution < 1.29 is 13.7 Å². The fourth-order valence-corrected chi connectivity index (χ4v) is 3.06. The van der Waals surface area contributed by atoms with E-state index >= 15 is 0 Å². The minimum absolute atomic E-state index is 0.0907. The fourth-order valence-electron chi connectivity index (χ4n) is 1.81. The predicted octanol–water partition coefficient (Wildman–Crippen LogP) is 2.13. The molecule has 20 heavy (non-hydrogen) atoms. The molecule has 0 aliphatic carbocycles. The Bertz CT molecular complexity index is 395. The number of nitrogens with one attached hydrogen (secondary N) is 1. The minimum Gasteiger partial charge on any atom is -0.494 e. The van der Waals surface area contributed by atoms with Gasteiger partial charge in [0.15, 0.2) is 0 Å². The van der Waals surface area contributed by atoms with Crippen LogP contribution in [0.25, 0.3) is 0 Å². The molecule has 2 unspecified atom stereocenters. The maximum atomic E-state index is 11.9. The summed E-state index contributed by atoms with van der Waals surface area (Å²) in [6.07, 6.45) is 0.999. The van der Waals surface area contributed by atoms with Crippen molar-refractivity contribution in [2.75, 3.05) is 38.9 Å². The topological polar surface area (TPSA) is 47.6 Å². The van der Waals surface area contributed by atoms with Crippen LogP contribution in [0.3, 0.4) is 0 Å². The molecule has 0 aliphatic heterocycles. The number of hydrogen-bond donors (Lipinski definition) is 1. The van der Waals surface area contributed by atoms with Crippen molar-refractivity contribution in [1.82, 2.24) is 5.32 Å². The molecule has 1 rings (SSSR count). The molecule has 0 radical (unpaired) electrons. The molecule has 0 bridgehead atoms. The third-order valence-corrected chi connectivity index (χ3v) is 4.30. The van der Waals surface area contributed by atoms with Gasteiger partial charge in [-0.2, -0.15) is 0 Å². The van der Waals surface area contributed by atoms with Gasteiger partial charge in [-0.1, -0.05) is 19.1 Å². The van der Waals surface area contributed by atoms with Gasteiger partial charge in [-0.25, -0.2) is 0 Å². The molecule has 0 aliphatic rings. The van der Waals surface area contributed by atoms with Crippen LogP contribution in [0.5, 0.6) is 5.75 Å². The highest BCUT2D eigenvalue weighted by atomic mass is 32.2. The third-order valence-electron chi connectivity index (χ3n) is 2.97. The Balaban J connectivity index is 2.58. The van der Waals surface area contributed by atoms with Gasteiger partial charge in [0.25, 0.3) is 0 Å². The molecule has 0 aromatic heterocycles. The number of methoxy groups -OCH3 is 1. The monoisotopic (exact) mass is 299 g/mol. The van der Waals surface area contributed by atoms with Crippen LogP contribution in [0.4, 0.5) is 0 Å². The molecule has 0 spiro atoms. The van der Waals surface area contributed by atoms with Crippen molar-refractivity contribution in [3.8, 4) is 5.75 Å². The van der Waals surface area contributed by atoms with Gasteiger partial charge in [-0.15, -0.1) is 0 Å². The second-order valence-electron chi connectivity index (χ2n) is 4.56. The van der Waals surface area contributed by atoms with Gasteiger partial charge in [-0.05, 0) is 31.2 Å². The van der Waals surface area contributed by atoms with E-state index in [2.05, 4.69) is 12.2 Å². The van der Waals surface area contributed by atoms with Crippen LogP contribution < -0.4 is 10.1 Å². The summed E-state index contributed by atoms with van der Waals surface area (Å²) in [5, 5.41) is 3.21. The first-order valence-electron chi connectivity index (χ1n) is 6.95. The van der Waals surface area contributed by atoms with Crippen LogP contribution in [-0.4, -0.2) is 43.1 Å². The molecule has 1 N–H and O–H groups in total. The molecule has 0 saturated carbocycles. The highest BCUT2D eigenvalue weighted by Crippen LogP contribution is 2.18. The molecule has 0 saturated heterocycles. The smallest absolute Gasteiger partial charge is 0.119 e. The van der Waals surface area contributed by atoms with Crippen molar-refractivity contribution in [2.24, 2.45) is 0 Å². The highest BCUT2D eigenvalue weighted by molar-refractivity contribution is 7.85. The van der Waals surface area contributed by atoms with Gasteiger partial charge in [-0.3, -0.25) is 4.21 Å². The van der Waals surface area contributed by atoms with Crippen molar-refractivity contribution in [3.05, 3.63) is 29.8 Å². The van der Waals surface area contributed by atoms with E-state index in [4.69, 9.17) is 9.47 Å². The normalized spacial score (nSPS) is 13.9. The molecular formula is C15H25NO3S. The number of rotatable bonds is 10. The predicted molar refractivity (Wildman–Crippen MR) is 83.8 cm³/mol.